The second-order valence-corrected chi connectivity index (χ2v) is 3.77. The largest absolute Gasteiger partial charge is 0.351 e. The first-order valence-corrected chi connectivity index (χ1v) is 5.39. The number of aryl methyl sites for hydroxylation is 1. The number of nitrogens with one attached hydrogen (secondary N) is 1. The summed E-state index contributed by atoms with van der Waals surface area (Å²) >= 11 is 0. The number of benzene rings is 1. The summed E-state index contributed by atoms with van der Waals surface area (Å²) in [6.45, 7) is 3.77. The molecule has 5 heteroatoms. The maximum absolute atomic E-state index is 10.8. The number of hydrogen-bond acceptors (Lipinski definition) is 3. The van der Waals surface area contributed by atoms with Gasteiger partial charge in [-0.05, 0) is 19.1 Å². The second-order valence-electron chi connectivity index (χ2n) is 3.77. The molecule has 2 rings (SSSR count). The van der Waals surface area contributed by atoms with E-state index in [1.165, 1.54) is 6.92 Å². The zero-order valence-corrected chi connectivity index (χ0v) is 9.84. The fourth-order valence-corrected chi connectivity index (χ4v) is 1.46. The molecule has 1 aromatic carbocycles. The van der Waals surface area contributed by atoms with Crippen molar-refractivity contribution >= 4 is 5.91 Å². The molecule has 0 aliphatic carbocycles. The molecule has 0 aliphatic heterocycles. The molecule has 0 spiro atoms. The molecule has 0 radical (unpaired) electrons. The van der Waals surface area contributed by atoms with E-state index in [4.69, 9.17) is 0 Å². The molecule has 1 heterocycles. The Labute approximate surface area is 99.5 Å². The number of carbonyl (C=O) groups excluding carboxylic acids is 1. The topological polar surface area (TPSA) is 59.8 Å². The third kappa shape index (κ3) is 2.69. The Bertz CT molecular complexity index is 519. The Balaban J connectivity index is 2.22. The zero-order chi connectivity index (χ0) is 12.3. The molecular formula is C12H14N4O. The van der Waals surface area contributed by atoms with Gasteiger partial charge in [0.1, 0.15) is 5.69 Å². The van der Waals surface area contributed by atoms with E-state index in [1.807, 2.05) is 37.3 Å². The van der Waals surface area contributed by atoms with E-state index in [0.29, 0.717) is 6.54 Å². The van der Waals surface area contributed by atoms with Crippen LogP contribution in [0.25, 0.3) is 5.69 Å². The van der Waals surface area contributed by atoms with Gasteiger partial charge in [-0.2, -0.15) is 15.0 Å². The van der Waals surface area contributed by atoms with Gasteiger partial charge in [-0.1, -0.05) is 18.2 Å². The molecular weight excluding hydrogens is 216 g/mol. The van der Waals surface area contributed by atoms with Crippen LogP contribution < -0.4 is 5.32 Å². The normalized spacial score (nSPS) is 10.2. The Morgan fingerprint density at radius 1 is 1.29 bits per heavy atom. The van der Waals surface area contributed by atoms with Gasteiger partial charge in [0.25, 0.3) is 0 Å². The van der Waals surface area contributed by atoms with Crippen LogP contribution in [0.15, 0.2) is 30.3 Å². The lowest BCUT2D eigenvalue weighted by Gasteiger charge is -1.98. The lowest BCUT2D eigenvalue weighted by molar-refractivity contribution is -0.119. The Morgan fingerprint density at radius 3 is 2.65 bits per heavy atom. The number of aromatic nitrogens is 3. The molecule has 5 nitrogen and oxygen atoms in total. The molecule has 0 saturated carbocycles. The fraction of sp³-hybridized carbons (Fsp3) is 0.250. The van der Waals surface area contributed by atoms with Gasteiger partial charge < -0.3 is 5.32 Å². The first-order chi connectivity index (χ1) is 8.16. The van der Waals surface area contributed by atoms with Crippen molar-refractivity contribution in [3.63, 3.8) is 0 Å². The maximum Gasteiger partial charge on any atom is 0.217 e. The van der Waals surface area contributed by atoms with Crippen molar-refractivity contribution in [2.75, 3.05) is 0 Å². The quantitative estimate of drug-likeness (QED) is 0.862. The Hall–Kier alpha value is -2.17. The lowest BCUT2D eigenvalue weighted by Crippen LogP contribution is -2.19. The molecule has 1 aromatic heterocycles. The summed E-state index contributed by atoms with van der Waals surface area (Å²) in [4.78, 5) is 12.4. The summed E-state index contributed by atoms with van der Waals surface area (Å²) < 4.78 is 0. The van der Waals surface area contributed by atoms with E-state index in [2.05, 4.69) is 15.5 Å². The van der Waals surface area contributed by atoms with Gasteiger partial charge in [0, 0.05) is 6.92 Å². The molecule has 88 valence electrons. The molecule has 0 atom stereocenters. The average Bonchev–Trinajstić information content (AvgIpc) is 2.69. The van der Waals surface area contributed by atoms with Crippen LogP contribution in [-0.2, 0) is 11.3 Å². The van der Waals surface area contributed by atoms with Crippen molar-refractivity contribution in [3.8, 4) is 5.69 Å². The molecule has 1 N–H and O–H groups in total. The van der Waals surface area contributed by atoms with Crippen LogP contribution in [0.1, 0.15) is 18.3 Å². The second kappa shape index (κ2) is 4.78. The number of amides is 1. The SMILES string of the molecule is CC(=O)NCc1nn(-c2ccccc2)nc1C. The fourth-order valence-electron chi connectivity index (χ4n) is 1.46. The van der Waals surface area contributed by atoms with Gasteiger partial charge in [0.2, 0.25) is 5.91 Å². The predicted octanol–water partition coefficient (Wildman–Crippen LogP) is 1.21. The summed E-state index contributed by atoms with van der Waals surface area (Å²) in [5.41, 5.74) is 2.51. The van der Waals surface area contributed by atoms with Crippen molar-refractivity contribution in [1.82, 2.24) is 20.3 Å². The van der Waals surface area contributed by atoms with Crippen molar-refractivity contribution in [3.05, 3.63) is 41.7 Å². The molecule has 0 unspecified atom stereocenters. The monoisotopic (exact) mass is 230 g/mol. The molecule has 2 aromatic rings. The summed E-state index contributed by atoms with van der Waals surface area (Å²) in [6, 6.07) is 9.67. The molecule has 0 fully saturated rings. The number of hydrogen-bond donors (Lipinski definition) is 1. The number of para-hydroxylation sites is 1. The minimum atomic E-state index is -0.0707. The van der Waals surface area contributed by atoms with E-state index in [0.717, 1.165) is 17.1 Å². The van der Waals surface area contributed by atoms with Crippen LogP contribution in [0.4, 0.5) is 0 Å². The highest BCUT2D eigenvalue weighted by molar-refractivity contribution is 5.72. The summed E-state index contributed by atoms with van der Waals surface area (Å²) in [5.74, 6) is -0.0707. The first-order valence-electron chi connectivity index (χ1n) is 5.39. The van der Waals surface area contributed by atoms with Crippen molar-refractivity contribution in [2.45, 2.75) is 20.4 Å². The smallest absolute Gasteiger partial charge is 0.217 e. The Morgan fingerprint density at radius 2 is 2.00 bits per heavy atom. The highest BCUT2D eigenvalue weighted by Crippen LogP contribution is 2.07. The number of carbonyl (C=O) groups is 1. The van der Waals surface area contributed by atoms with Crippen LogP contribution in [0.2, 0.25) is 0 Å². The average molecular weight is 230 g/mol. The van der Waals surface area contributed by atoms with Crippen LogP contribution in [0.3, 0.4) is 0 Å². The third-order valence-electron chi connectivity index (χ3n) is 2.37. The van der Waals surface area contributed by atoms with Gasteiger partial charge in [-0.3, -0.25) is 4.79 Å². The summed E-state index contributed by atoms with van der Waals surface area (Å²) in [7, 11) is 0. The Kier molecular flexibility index (Phi) is 3.18. The standard InChI is InChI=1S/C12H14N4O/c1-9-12(8-13-10(2)17)15-16(14-9)11-6-4-3-5-7-11/h3-7H,8H2,1-2H3,(H,13,17). The van der Waals surface area contributed by atoms with Gasteiger partial charge in [0.05, 0.1) is 17.9 Å². The van der Waals surface area contributed by atoms with E-state index < -0.39 is 0 Å². The molecule has 0 saturated heterocycles. The maximum atomic E-state index is 10.8. The number of rotatable bonds is 3. The van der Waals surface area contributed by atoms with Gasteiger partial charge in [-0.25, -0.2) is 0 Å². The highest BCUT2D eigenvalue weighted by atomic mass is 16.1. The van der Waals surface area contributed by atoms with Gasteiger partial charge in [-0.15, -0.1) is 0 Å². The first kappa shape index (κ1) is 11.3. The minimum absolute atomic E-state index is 0.0707. The third-order valence-corrected chi connectivity index (χ3v) is 2.37. The van der Waals surface area contributed by atoms with Crippen molar-refractivity contribution in [1.29, 1.82) is 0 Å². The van der Waals surface area contributed by atoms with Crippen molar-refractivity contribution in [2.24, 2.45) is 0 Å². The van der Waals surface area contributed by atoms with Crippen molar-refractivity contribution < 1.29 is 4.79 Å². The number of nitrogens with zero attached hydrogens (tertiary/aromatic N) is 3. The van der Waals surface area contributed by atoms with Crippen LogP contribution in [0, 0.1) is 6.92 Å². The highest BCUT2D eigenvalue weighted by Gasteiger charge is 2.08. The van der Waals surface area contributed by atoms with Crippen LogP contribution >= 0.6 is 0 Å². The van der Waals surface area contributed by atoms with E-state index in [9.17, 15) is 4.79 Å². The minimum Gasteiger partial charge on any atom is -0.351 e. The van der Waals surface area contributed by atoms with Gasteiger partial charge in [0.15, 0.2) is 0 Å². The van der Waals surface area contributed by atoms with E-state index >= 15 is 0 Å². The molecule has 0 bridgehead atoms. The van der Waals surface area contributed by atoms with Crippen LogP contribution in [-0.4, -0.2) is 20.9 Å². The predicted molar refractivity (Wildman–Crippen MR) is 63.6 cm³/mol. The lowest BCUT2D eigenvalue weighted by atomic mass is 10.3. The summed E-state index contributed by atoms with van der Waals surface area (Å²) in [5, 5.41) is 11.4. The zero-order valence-electron chi connectivity index (χ0n) is 9.84. The molecule has 1 amide bonds. The van der Waals surface area contributed by atoms with E-state index in [-0.39, 0.29) is 5.91 Å². The molecule has 17 heavy (non-hydrogen) atoms. The van der Waals surface area contributed by atoms with E-state index in [1.54, 1.807) is 4.80 Å². The van der Waals surface area contributed by atoms with Gasteiger partial charge >= 0.3 is 0 Å². The summed E-state index contributed by atoms with van der Waals surface area (Å²) in [6.07, 6.45) is 0. The van der Waals surface area contributed by atoms with Crippen LogP contribution in [0.5, 0.6) is 0 Å². The molecule has 0 aliphatic rings.